The van der Waals surface area contributed by atoms with Crippen molar-refractivity contribution in [2.24, 2.45) is 0 Å². The van der Waals surface area contributed by atoms with Crippen molar-refractivity contribution in [2.75, 3.05) is 11.9 Å². The van der Waals surface area contributed by atoms with E-state index in [0.29, 0.717) is 6.42 Å². The van der Waals surface area contributed by atoms with Crippen molar-refractivity contribution in [1.82, 2.24) is 0 Å². The van der Waals surface area contributed by atoms with E-state index in [1.54, 1.807) is 0 Å². The average molecular weight is 290 g/mol. The standard InChI is InChI=1S/C17H20ClNO/c1-3-17(20)15-6-4-5-7-16(15)19(2)12-13-8-10-14(18)11-9-13/h4-11,17,20H,3,12H2,1-2H3. The van der Waals surface area contributed by atoms with E-state index in [0.717, 1.165) is 22.8 Å². The van der Waals surface area contributed by atoms with Crippen LogP contribution in [0.25, 0.3) is 0 Å². The Labute approximate surface area is 125 Å². The zero-order valence-electron chi connectivity index (χ0n) is 11.9. The van der Waals surface area contributed by atoms with Crippen molar-refractivity contribution in [3.05, 3.63) is 64.7 Å². The maximum atomic E-state index is 10.1. The van der Waals surface area contributed by atoms with Gasteiger partial charge in [-0.2, -0.15) is 0 Å². The monoisotopic (exact) mass is 289 g/mol. The van der Waals surface area contributed by atoms with Gasteiger partial charge in [0.05, 0.1) is 6.10 Å². The fraction of sp³-hybridized carbons (Fsp3) is 0.294. The molecule has 0 radical (unpaired) electrons. The molecule has 2 aromatic rings. The van der Waals surface area contributed by atoms with Gasteiger partial charge in [-0.1, -0.05) is 48.9 Å². The lowest BCUT2D eigenvalue weighted by Gasteiger charge is -2.24. The summed E-state index contributed by atoms with van der Waals surface area (Å²) in [5, 5.41) is 10.9. The highest BCUT2D eigenvalue weighted by Gasteiger charge is 2.13. The molecule has 106 valence electrons. The predicted octanol–water partition coefficient (Wildman–Crippen LogP) is 4.42. The van der Waals surface area contributed by atoms with Crippen LogP contribution in [0.4, 0.5) is 5.69 Å². The molecule has 0 aliphatic heterocycles. The molecule has 2 rings (SSSR count). The zero-order chi connectivity index (χ0) is 14.5. The van der Waals surface area contributed by atoms with Gasteiger partial charge in [-0.05, 0) is 30.2 Å². The van der Waals surface area contributed by atoms with Crippen LogP contribution in [0, 0.1) is 0 Å². The minimum absolute atomic E-state index is 0.418. The van der Waals surface area contributed by atoms with Crippen molar-refractivity contribution in [1.29, 1.82) is 0 Å². The molecule has 0 aliphatic rings. The number of anilines is 1. The van der Waals surface area contributed by atoms with E-state index in [4.69, 9.17) is 11.6 Å². The van der Waals surface area contributed by atoms with E-state index in [1.165, 1.54) is 5.56 Å². The smallest absolute Gasteiger partial charge is 0.0807 e. The van der Waals surface area contributed by atoms with Crippen LogP contribution in [0.5, 0.6) is 0 Å². The van der Waals surface area contributed by atoms with Gasteiger partial charge in [-0.3, -0.25) is 0 Å². The molecule has 0 fully saturated rings. The lowest BCUT2D eigenvalue weighted by molar-refractivity contribution is 0.174. The molecular weight excluding hydrogens is 270 g/mol. The molecule has 0 bridgehead atoms. The number of aliphatic hydroxyl groups excluding tert-OH is 1. The van der Waals surface area contributed by atoms with Crippen LogP contribution in [0.2, 0.25) is 5.02 Å². The molecule has 1 N–H and O–H groups in total. The van der Waals surface area contributed by atoms with Crippen LogP contribution >= 0.6 is 11.6 Å². The van der Waals surface area contributed by atoms with Gasteiger partial charge in [0.1, 0.15) is 0 Å². The Kier molecular flexibility index (Phi) is 5.05. The van der Waals surface area contributed by atoms with Crippen LogP contribution in [-0.2, 0) is 6.54 Å². The molecule has 0 aromatic heterocycles. The molecule has 0 heterocycles. The Morgan fingerprint density at radius 2 is 1.75 bits per heavy atom. The summed E-state index contributed by atoms with van der Waals surface area (Å²) in [5.74, 6) is 0. The summed E-state index contributed by atoms with van der Waals surface area (Å²) in [6.45, 7) is 2.77. The Hall–Kier alpha value is -1.51. The highest BCUT2D eigenvalue weighted by molar-refractivity contribution is 6.30. The van der Waals surface area contributed by atoms with E-state index in [1.807, 2.05) is 62.5 Å². The maximum Gasteiger partial charge on any atom is 0.0807 e. The van der Waals surface area contributed by atoms with Crippen LogP contribution < -0.4 is 4.90 Å². The molecular formula is C17H20ClNO. The molecule has 0 saturated carbocycles. The van der Waals surface area contributed by atoms with E-state index >= 15 is 0 Å². The van der Waals surface area contributed by atoms with Crippen molar-refractivity contribution >= 4 is 17.3 Å². The van der Waals surface area contributed by atoms with Crippen molar-refractivity contribution < 1.29 is 5.11 Å². The molecule has 2 nitrogen and oxygen atoms in total. The maximum absolute atomic E-state index is 10.1. The second kappa shape index (κ2) is 6.78. The van der Waals surface area contributed by atoms with E-state index in [-0.39, 0.29) is 0 Å². The lowest BCUT2D eigenvalue weighted by Crippen LogP contribution is -2.18. The number of benzene rings is 2. The van der Waals surface area contributed by atoms with Crippen LogP contribution in [0.1, 0.15) is 30.6 Å². The van der Waals surface area contributed by atoms with Crippen LogP contribution in [0.15, 0.2) is 48.5 Å². The van der Waals surface area contributed by atoms with Crippen LogP contribution in [-0.4, -0.2) is 12.2 Å². The second-order valence-electron chi connectivity index (χ2n) is 4.97. The largest absolute Gasteiger partial charge is 0.388 e. The lowest BCUT2D eigenvalue weighted by atomic mass is 10.0. The van der Waals surface area contributed by atoms with E-state index in [2.05, 4.69) is 4.90 Å². The van der Waals surface area contributed by atoms with Gasteiger partial charge in [0.25, 0.3) is 0 Å². The molecule has 0 saturated heterocycles. The summed E-state index contributed by atoms with van der Waals surface area (Å²) in [4.78, 5) is 2.15. The van der Waals surface area contributed by atoms with Crippen molar-refractivity contribution in [2.45, 2.75) is 26.0 Å². The first-order valence-corrected chi connectivity index (χ1v) is 7.22. The molecule has 0 spiro atoms. The molecule has 0 amide bonds. The van der Waals surface area contributed by atoms with E-state index < -0.39 is 6.10 Å². The normalized spacial score (nSPS) is 12.2. The predicted molar refractivity (Wildman–Crippen MR) is 85.3 cm³/mol. The Bertz CT molecular complexity index is 553. The third-order valence-electron chi connectivity index (χ3n) is 3.43. The Morgan fingerprint density at radius 3 is 2.40 bits per heavy atom. The minimum atomic E-state index is -0.418. The number of aliphatic hydroxyl groups is 1. The van der Waals surface area contributed by atoms with Gasteiger partial charge in [0.15, 0.2) is 0 Å². The molecule has 2 aromatic carbocycles. The van der Waals surface area contributed by atoms with E-state index in [9.17, 15) is 5.11 Å². The highest BCUT2D eigenvalue weighted by Crippen LogP contribution is 2.28. The minimum Gasteiger partial charge on any atom is -0.388 e. The third-order valence-corrected chi connectivity index (χ3v) is 3.68. The molecule has 1 atom stereocenters. The van der Waals surface area contributed by atoms with Gasteiger partial charge in [0, 0.05) is 29.9 Å². The summed E-state index contributed by atoms with van der Waals surface area (Å²) < 4.78 is 0. The topological polar surface area (TPSA) is 23.5 Å². The first-order chi connectivity index (χ1) is 9.61. The fourth-order valence-electron chi connectivity index (χ4n) is 2.29. The molecule has 3 heteroatoms. The van der Waals surface area contributed by atoms with Gasteiger partial charge < -0.3 is 10.0 Å². The van der Waals surface area contributed by atoms with Gasteiger partial charge in [-0.15, -0.1) is 0 Å². The summed E-state index contributed by atoms with van der Waals surface area (Å²) in [6, 6.07) is 15.9. The summed E-state index contributed by atoms with van der Waals surface area (Å²) in [5.41, 5.74) is 3.24. The fourth-order valence-corrected chi connectivity index (χ4v) is 2.41. The SMILES string of the molecule is CCC(O)c1ccccc1N(C)Cc1ccc(Cl)cc1. The number of hydrogen-bond donors (Lipinski definition) is 1. The average Bonchev–Trinajstić information content (AvgIpc) is 2.48. The summed E-state index contributed by atoms with van der Waals surface area (Å²) in [7, 11) is 2.04. The third kappa shape index (κ3) is 3.53. The highest BCUT2D eigenvalue weighted by atomic mass is 35.5. The first kappa shape index (κ1) is 14.9. The first-order valence-electron chi connectivity index (χ1n) is 6.84. The zero-order valence-corrected chi connectivity index (χ0v) is 12.6. The van der Waals surface area contributed by atoms with Gasteiger partial charge in [0.2, 0.25) is 0 Å². The van der Waals surface area contributed by atoms with Gasteiger partial charge in [-0.25, -0.2) is 0 Å². The number of para-hydroxylation sites is 1. The summed E-state index contributed by atoms with van der Waals surface area (Å²) >= 11 is 5.90. The number of rotatable bonds is 5. The Balaban J connectivity index is 2.20. The summed E-state index contributed by atoms with van der Waals surface area (Å²) in [6.07, 6.45) is 0.296. The number of nitrogens with zero attached hydrogens (tertiary/aromatic N) is 1. The Morgan fingerprint density at radius 1 is 1.10 bits per heavy atom. The molecule has 0 aliphatic carbocycles. The second-order valence-corrected chi connectivity index (χ2v) is 5.40. The van der Waals surface area contributed by atoms with Crippen molar-refractivity contribution in [3.8, 4) is 0 Å². The van der Waals surface area contributed by atoms with Gasteiger partial charge >= 0.3 is 0 Å². The quantitative estimate of drug-likeness (QED) is 0.881. The number of hydrogen-bond acceptors (Lipinski definition) is 2. The van der Waals surface area contributed by atoms with Crippen LogP contribution in [0.3, 0.4) is 0 Å². The van der Waals surface area contributed by atoms with Crippen molar-refractivity contribution in [3.63, 3.8) is 0 Å². The number of halogens is 1. The molecule has 1 unspecified atom stereocenters. The molecule has 20 heavy (non-hydrogen) atoms.